The van der Waals surface area contributed by atoms with Gasteiger partial charge in [-0.1, -0.05) is 0 Å². The van der Waals surface area contributed by atoms with E-state index < -0.39 is 6.29 Å². The van der Waals surface area contributed by atoms with Crippen LogP contribution in [0.5, 0.6) is 0 Å². The van der Waals surface area contributed by atoms with Crippen LogP contribution >= 0.6 is 0 Å². The lowest BCUT2D eigenvalue weighted by atomic mass is 10.1. The fraction of sp³-hybridized carbons (Fsp3) is 0.667. The lowest BCUT2D eigenvalue weighted by Crippen LogP contribution is -2.30. The summed E-state index contributed by atoms with van der Waals surface area (Å²) in [5.74, 6) is 0. The minimum atomic E-state index is -0.729. The summed E-state index contributed by atoms with van der Waals surface area (Å²) >= 11 is 0. The maximum atomic E-state index is 8.83. The Morgan fingerprint density at radius 1 is 1.67 bits per heavy atom. The van der Waals surface area contributed by atoms with Gasteiger partial charge in [-0.3, -0.25) is 0 Å². The van der Waals surface area contributed by atoms with E-state index in [0.717, 1.165) is 0 Å². The van der Waals surface area contributed by atoms with E-state index in [2.05, 4.69) is 0 Å². The third-order valence-electron chi connectivity index (χ3n) is 1.20. The lowest BCUT2D eigenvalue weighted by Gasteiger charge is -2.24. The molecule has 0 spiro atoms. The fourth-order valence-electron chi connectivity index (χ4n) is 0.753. The minimum absolute atomic E-state index is 0.0619. The van der Waals surface area contributed by atoms with Crippen LogP contribution in [0.3, 0.4) is 0 Å². The molecule has 1 fully saturated rings. The van der Waals surface area contributed by atoms with Crippen molar-refractivity contribution < 1.29 is 14.9 Å². The Bertz CT molecular complexity index is 84.4. The van der Waals surface area contributed by atoms with E-state index in [1.165, 1.54) is 0 Å². The van der Waals surface area contributed by atoms with Crippen molar-refractivity contribution in [2.45, 2.75) is 18.8 Å². The standard InChI is InChI=1S/C6H10O3/c7-4-5-2-1-3-6(8)9-5/h1-2,5-8H,3-4H2/t5-,6?/m1/s1. The predicted octanol–water partition coefficient (Wildman–Crippen LogP) is -0.505. The summed E-state index contributed by atoms with van der Waals surface area (Å²) in [4.78, 5) is 0. The molecular weight excluding hydrogens is 120 g/mol. The normalized spacial score (nSPS) is 36.7. The highest BCUT2D eigenvalue weighted by Gasteiger charge is 2.19. The smallest absolute Gasteiger partial charge is 0.155 e. The number of aliphatic hydroxyl groups is 2. The molecule has 3 nitrogen and oxygen atoms in total. The molecule has 1 aliphatic heterocycles. The molecule has 9 heavy (non-hydrogen) atoms. The van der Waals surface area contributed by atoms with Crippen LogP contribution in [0.15, 0.2) is 0 Å². The van der Waals surface area contributed by atoms with E-state index in [0.29, 0.717) is 6.42 Å². The average molecular weight is 130 g/mol. The summed E-state index contributed by atoms with van der Waals surface area (Å²) in [6.07, 6.45) is 3.03. The van der Waals surface area contributed by atoms with Crippen molar-refractivity contribution in [2.24, 2.45) is 0 Å². The molecule has 52 valence electrons. The van der Waals surface area contributed by atoms with Gasteiger partial charge in [0.15, 0.2) is 6.29 Å². The Hall–Kier alpha value is -0.120. The summed E-state index contributed by atoms with van der Waals surface area (Å²) in [6, 6.07) is 0. The maximum Gasteiger partial charge on any atom is 0.155 e. The highest BCUT2D eigenvalue weighted by atomic mass is 16.6. The van der Waals surface area contributed by atoms with Gasteiger partial charge in [0.05, 0.1) is 12.7 Å². The minimum Gasteiger partial charge on any atom is -0.394 e. The monoisotopic (exact) mass is 130 g/mol. The third-order valence-corrected chi connectivity index (χ3v) is 1.20. The molecule has 0 saturated carbocycles. The molecule has 0 aliphatic carbocycles. The van der Waals surface area contributed by atoms with Crippen LogP contribution in [0.1, 0.15) is 6.42 Å². The first-order valence-corrected chi connectivity index (χ1v) is 2.94. The highest BCUT2D eigenvalue weighted by Crippen LogP contribution is 2.14. The second-order valence-electron chi connectivity index (χ2n) is 1.98. The van der Waals surface area contributed by atoms with Gasteiger partial charge in [-0.2, -0.15) is 0 Å². The van der Waals surface area contributed by atoms with Gasteiger partial charge in [0.25, 0.3) is 0 Å². The highest BCUT2D eigenvalue weighted by molar-refractivity contribution is 4.94. The first-order chi connectivity index (χ1) is 4.33. The molecule has 3 heteroatoms. The summed E-state index contributed by atoms with van der Waals surface area (Å²) in [6.45, 7) is -0.0619. The third kappa shape index (κ3) is 1.93. The SMILES string of the molecule is OC[C@H]1[CH][CH]CC(O)O1. The molecule has 1 heterocycles. The van der Waals surface area contributed by atoms with Crippen molar-refractivity contribution in [1.29, 1.82) is 0 Å². The van der Waals surface area contributed by atoms with Crippen LogP contribution in [0.2, 0.25) is 0 Å². The molecule has 1 saturated heterocycles. The Balaban J connectivity index is 2.23. The van der Waals surface area contributed by atoms with E-state index in [1.807, 2.05) is 0 Å². The molecule has 0 aromatic rings. The van der Waals surface area contributed by atoms with E-state index >= 15 is 0 Å². The largest absolute Gasteiger partial charge is 0.394 e. The van der Waals surface area contributed by atoms with Crippen LogP contribution in [0.4, 0.5) is 0 Å². The Morgan fingerprint density at radius 3 is 2.89 bits per heavy atom. The van der Waals surface area contributed by atoms with Gasteiger partial charge in [-0.05, 0) is 12.8 Å². The number of hydrogen-bond donors (Lipinski definition) is 2. The van der Waals surface area contributed by atoms with E-state index in [1.54, 1.807) is 12.8 Å². The molecule has 2 radical (unpaired) electrons. The number of hydrogen-bond acceptors (Lipinski definition) is 3. The molecule has 1 aliphatic rings. The zero-order valence-electron chi connectivity index (χ0n) is 5.03. The fourth-order valence-corrected chi connectivity index (χ4v) is 0.753. The Morgan fingerprint density at radius 2 is 2.44 bits per heavy atom. The van der Waals surface area contributed by atoms with Gasteiger partial charge in [0.2, 0.25) is 0 Å². The van der Waals surface area contributed by atoms with Crippen molar-refractivity contribution >= 4 is 0 Å². The number of ether oxygens (including phenoxy) is 1. The predicted molar refractivity (Wildman–Crippen MR) is 31.2 cm³/mol. The molecule has 1 unspecified atom stereocenters. The second kappa shape index (κ2) is 3.15. The zero-order chi connectivity index (χ0) is 6.69. The molecule has 0 aromatic carbocycles. The Labute approximate surface area is 54.3 Å². The van der Waals surface area contributed by atoms with Crippen molar-refractivity contribution in [2.75, 3.05) is 6.61 Å². The van der Waals surface area contributed by atoms with Gasteiger partial charge in [0.1, 0.15) is 0 Å². The summed E-state index contributed by atoms with van der Waals surface area (Å²) in [5, 5.41) is 17.3. The van der Waals surface area contributed by atoms with Crippen molar-refractivity contribution in [3.05, 3.63) is 12.8 Å². The van der Waals surface area contributed by atoms with Crippen LogP contribution < -0.4 is 0 Å². The molecule has 0 aromatic heterocycles. The van der Waals surface area contributed by atoms with E-state index in [9.17, 15) is 0 Å². The summed E-state index contributed by atoms with van der Waals surface area (Å²) in [7, 11) is 0. The van der Waals surface area contributed by atoms with Gasteiger partial charge < -0.3 is 14.9 Å². The first kappa shape index (κ1) is 6.99. The molecule has 2 N–H and O–H groups in total. The van der Waals surface area contributed by atoms with Gasteiger partial charge >= 0.3 is 0 Å². The van der Waals surface area contributed by atoms with Gasteiger partial charge in [-0.15, -0.1) is 0 Å². The molecule has 0 bridgehead atoms. The topological polar surface area (TPSA) is 49.7 Å². The zero-order valence-corrected chi connectivity index (χ0v) is 5.03. The molecular formula is C6H10O3. The van der Waals surface area contributed by atoms with Crippen LogP contribution in [0, 0.1) is 12.8 Å². The van der Waals surface area contributed by atoms with Gasteiger partial charge in [-0.25, -0.2) is 0 Å². The molecule has 0 amide bonds. The summed E-state index contributed by atoms with van der Waals surface area (Å²) < 4.78 is 4.85. The van der Waals surface area contributed by atoms with Gasteiger partial charge in [0, 0.05) is 6.42 Å². The van der Waals surface area contributed by atoms with Crippen LogP contribution in [-0.4, -0.2) is 29.2 Å². The first-order valence-electron chi connectivity index (χ1n) is 2.94. The molecule has 1 rings (SSSR count). The second-order valence-corrected chi connectivity index (χ2v) is 1.98. The Kier molecular flexibility index (Phi) is 2.45. The van der Waals surface area contributed by atoms with E-state index in [-0.39, 0.29) is 12.7 Å². The van der Waals surface area contributed by atoms with Crippen LogP contribution in [-0.2, 0) is 4.74 Å². The number of rotatable bonds is 1. The maximum absolute atomic E-state index is 8.83. The number of aliphatic hydroxyl groups excluding tert-OH is 2. The lowest BCUT2D eigenvalue weighted by molar-refractivity contribution is -0.145. The van der Waals surface area contributed by atoms with E-state index in [4.69, 9.17) is 14.9 Å². The van der Waals surface area contributed by atoms with Crippen molar-refractivity contribution in [1.82, 2.24) is 0 Å². The molecule has 2 atom stereocenters. The van der Waals surface area contributed by atoms with Crippen molar-refractivity contribution in [3.8, 4) is 0 Å². The van der Waals surface area contributed by atoms with Crippen molar-refractivity contribution in [3.63, 3.8) is 0 Å². The quantitative estimate of drug-likeness (QED) is 0.503. The average Bonchev–Trinajstić information content (AvgIpc) is 1.88. The van der Waals surface area contributed by atoms with Crippen LogP contribution in [0.25, 0.3) is 0 Å². The summed E-state index contributed by atoms with van der Waals surface area (Å²) in [5.41, 5.74) is 0.